The molecule has 33 heavy (non-hydrogen) atoms. The molecule has 170 valence electrons. The molecule has 1 aromatic carbocycles. The maximum absolute atomic E-state index is 12.7. The summed E-state index contributed by atoms with van der Waals surface area (Å²) in [6.07, 6.45) is -0.312. The SMILES string of the molecule is CNc1cc2ncc(-c3cc(NC(=O)[C@@H](C)n4cnc(C(F)(F)F)n4)ccc3C)cc2cn1. The minimum atomic E-state index is -4.68. The van der Waals surface area contributed by atoms with E-state index in [2.05, 4.69) is 30.7 Å². The summed E-state index contributed by atoms with van der Waals surface area (Å²) in [4.78, 5) is 24.7. The van der Waals surface area contributed by atoms with Crippen molar-refractivity contribution in [2.45, 2.75) is 26.1 Å². The number of fused-ring (bicyclic) bond motifs is 1. The van der Waals surface area contributed by atoms with E-state index in [0.717, 1.165) is 38.6 Å². The highest BCUT2D eigenvalue weighted by molar-refractivity contribution is 5.94. The zero-order valence-corrected chi connectivity index (χ0v) is 18.0. The van der Waals surface area contributed by atoms with Crippen LogP contribution >= 0.6 is 0 Å². The minimum absolute atomic E-state index is 0.493. The highest BCUT2D eigenvalue weighted by Crippen LogP contribution is 2.29. The number of alkyl halides is 3. The molecule has 1 atom stereocenters. The number of aryl methyl sites for hydroxylation is 1. The van der Waals surface area contributed by atoms with Crippen molar-refractivity contribution >= 4 is 28.3 Å². The highest BCUT2D eigenvalue weighted by atomic mass is 19.4. The third-order valence-electron chi connectivity index (χ3n) is 5.18. The quantitative estimate of drug-likeness (QED) is 0.461. The molecule has 4 rings (SSSR count). The van der Waals surface area contributed by atoms with Crippen molar-refractivity contribution in [3.8, 4) is 11.1 Å². The summed E-state index contributed by atoms with van der Waals surface area (Å²) in [6.45, 7) is 3.38. The van der Waals surface area contributed by atoms with Gasteiger partial charge in [-0.1, -0.05) is 6.07 Å². The summed E-state index contributed by atoms with van der Waals surface area (Å²) in [6, 6.07) is 8.17. The van der Waals surface area contributed by atoms with Crippen molar-refractivity contribution in [2.24, 2.45) is 0 Å². The third-order valence-corrected chi connectivity index (χ3v) is 5.18. The Kier molecular flexibility index (Phi) is 5.71. The summed E-state index contributed by atoms with van der Waals surface area (Å²) in [5, 5.41) is 9.93. The number of nitrogens with zero attached hydrogens (tertiary/aromatic N) is 5. The second kappa shape index (κ2) is 8.49. The molecule has 11 heteroatoms. The zero-order valence-electron chi connectivity index (χ0n) is 18.0. The van der Waals surface area contributed by atoms with Crippen LogP contribution in [0.25, 0.3) is 22.0 Å². The average Bonchev–Trinajstić information content (AvgIpc) is 3.30. The van der Waals surface area contributed by atoms with Crippen molar-refractivity contribution in [1.29, 1.82) is 0 Å². The molecular formula is C22H20F3N7O. The van der Waals surface area contributed by atoms with E-state index in [4.69, 9.17) is 0 Å². The molecule has 0 fully saturated rings. The van der Waals surface area contributed by atoms with Gasteiger partial charge in [-0.25, -0.2) is 14.6 Å². The molecule has 0 radical (unpaired) electrons. The van der Waals surface area contributed by atoms with E-state index in [0.29, 0.717) is 11.5 Å². The minimum Gasteiger partial charge on any atom is -0.373 e. The van der Waals surface area contributed by atoms with Gasteiger partial charge in [0.05, 0.1) is 5.52 Å². The first-order valence-corrected chi connectivity index (χ1v) is 9.99. The van der Waals surface area contributed by atoms with Crippen LogP contribution in [0.1, 0.15) is 24.4 Å². The lowest BCUT2D eigenvalue weighted by Crippen LogP contribution is -2.24. The third kappa shape index (κ3) is 4.61. The van der Waals surface area contributed by atoms with Crippen molar-refractivity contribution in [3.05, 3.63) is 60.4 Å². The van der Waals surface area contributed by atoms with E-state index >= 15 is 0 Å². The molecule has 3 heterocycles. The van der Waals surface area contributed by atoms with Gasteiger partial charge in [-0.15, -0.1) is 5.10 Å². The van der Waals surface area contributed by atoms with Gasteiger partial charge in [0.15, 0.2) is 0 Å². The van der Waals surface area contributed by atoms with E-state index in [1.165, 1.54) is 6.92 Å². The van der Waals surface area contributed by atoms with Crippen molar-refractivity contribution in [1.82, 2.24) is 24.7 Å². The van der Waals surface area contributed by atoms with E-state index in [-0.39, 0.29) is 0 Å². The Morgan fingerprint density at radius 2 is 1.88 bits per heavy atom. The Morgan fingerprint density at radius 1 is 1.09 bits per heavy atom. The van der Waals surface area contributed by atoms with Crippen molar-refractivity contribution in [3.63, 3.8) is 0 Å². The average molecular weight is 455 g/mol. The van der Waals surface area contributed by atoms with Crippen LogP contribution in [0.2, 0.25) is 0 Å². The van der Waals surface area contributed by atoms with Crippen LogP contribution in [-0.2, 0) is 11.0 Å². The monoisotopic (exact) mass is 455 g/mol. The number of carbonyl (C=O) groups excluding carboxylic acids is 1. The second-order valence-electron chi connectivity index (χ2n) is 7.48. The molecule has 8 nitrogen and oxygen atoms in total. The zero-order chi connectivity index (χ0) is 23.8. The van der Waals surface area contributed by atoms with E-state index in [9.17, 15) is 18.0 Å². The molecule has 0 aliphatic heterocycles. The van der Waals surface area contributed by atoms with Crippen LogP contribution in [0.4, 0.5) is 24.7 Å². The van der Waals surface area contributed by atoms with E-state index in [1.807, 2.05) is 25.1 Å². The number of hydrogen-bond donors (Lipinski definition) is 2. The first-order valence-electron chi connectivity index (χ1n) is 9.99. The summed E-state index contributed by atoms with van der Waals surface area (Å²) in [5.41, 5.74) is 3.95. The molecule has 1 amide bonds. The highest BCUT2D eigenvalue weighted by Gasteiger charge is 2.36. The Balaban J connectivity index is 1.57. The molecule has 0 saturated carbocycles. The fourth-order valence-corrected chi connectivity index (χ4v) is 3.28. The van der Waals surface area contributed by atoms with Crippen LogP contribution < -0.4 is 10.6 Å². The number of halogens is 3. The number of carbonyl (C=O) groups is 1. The second-order valence-corrected chi connectivity index (χ2v) is 7.48. The molecular weight excluding hydrogens is 435 g/mol. The topological polar surface area (TPSA) is 97.6 Å². The summed E-state index contributed by atoms with van der Waals surface area (Å²) >= 11 is 0. The summed E-state index contributed by atoms with van der Waals surface area (Å²) < 4.78 is 39.1. The van der Waals surface area contributed by atoms with Gasteiger partial charge in [-0.2, -0.15) is 13.2 Å². The predicted octanol–water partition coefficient (Wildman–Crippen LogP) is 4.46. The molecule has 0 spiro atoms. The van der Waals surface area contributed by atoms with Crippen LogP contribution in [-0.4, -0.2) is 37.7 Å². The number of benzene rings is 1. The lowest BCUT2D eigenvalue weighted by molar-refractivity contribution is -0.145. The number of pyridine rings is 2. The van der Waals surface area contributed by atoms with E-state index < -0.39 is 23.9 Å². The Labute approximate surface area is 186 Å². The van der Waals surface area contributed by atoms with E-state index in [1.54, 1.807) is 31.6 Å². The molecule has 0 aliphatic rings. The van der Waals surface area contributed by atoms with Crippen LogP contribution in [0.15, 0.2) is 49.1 Å². The molecule has 0 bridgehead atoms. The lowest BCUT2D eigenvalue weighted by Gasteiger charge is -2.14. The number of rotatable bonds is 5. The molecule has 0 saturated heterocycles. The first-order chi connectivity index (χ1) is 15.7. The lowest BCUT2D eigenvalue weighted by atomic mass is 10.00. The standard InChI is InChI=1S/C22H20F3N7O/c1-12-4-5-16(30-20(33)13(2)32-11-29-21(31-32)22(23,24)25)7-17(12)14-6-15-10-28-19(26-3)8-18(15)27-9-14/h4-11,13H,1-3H3,(H,26,28)(H,30,33)/t13-/m1/s1. The smallest absolute Gasteiger partial charge is 0.373 e. The van der Waals surface area contributed by atoms with Crippen molar-refractivity contribution < 1.29 is 18.0 Å². The van der Waals surface area contributed by atoms with Crippen LogP contribution in [0.5, 0.6) is 0 Å². The molecule has 2 N–H and O–H groups in total. The van der Waals surface area contributed by atoms with Gasteiger partial charge in [-0.05, 0) is 43.2 Å². The van der Waals surface area contributed by atoms with Gasteiger partial charge in [0.2, 0.25) is 5.91 Å². The summed E-state index contributed by atoms with van der Waals surface area (Å²) in [5.74, 6) is -1.10. The Bertz CT molecular complexity index is 1330. The van der Waals surface area contributed by atoms with Gasteiger partial charge in [-0.3, -0.25) is 9.78 Å². The summed E-state index contributed by atoms with van der Waals surface area (Å²) in [7, 11) is 1.78. The first kappa shape index (κ1) is 22.2. The molecule has 0 unspecified atom stereocenters. The number of anilines is 2. The van der Waals surface area contributed by atoms with Crippen LogP contribution in [0.3, 0.4) is 0 Å². The van der Waals surface area contributed by atoms with Gasteiger partial charge in [0.25, 0.3) is 5.82 Å². The molecule has 0 aliphatic carbocycles. The Hall–Kier alpha value is -4.02. The van der Waals surface area contributed by atoms with Gasteiger partial charge in [0, 0.05) is 42.1 Å². The van der Waals surface area contributed by atoms with Gasteiger partial charge < -0.3 is 10.6 Å². The number of hydrogen-bond acceptors (Lipinski definition) is 6. The molecule has 3 aromatic heterocycles. The van der Waals surface area contributed by atoms with Crippen molar-refractivity contribution in [2.75, 3.05) is 17.7 Å². The maximum atomic E-state index is 12.7. The number of nitrogens with one attached hydrogen (secondary N) is 2. The Morgan fingerprint density at radius 3 is 2.58 bits per heavy atom. The number of aromatic nitrogens is 5. The van der Waals surface area contributed by atoms with Crippen LogP contribution in [0, 0.1) is 6.92 Å². The molecule has 4 aromatic rings. The number of amides is 1. The normalized spacial score (nSPS) is 12.5. The predicted molar refractivity (Wildman–Crippen MR) is 118 cm³/mol. The van der Waals surface area contributed by atoms with Gasteiger partial charge >= 0.3 is 6.18 Å². The fraction of sp³-hybridized carbons (Fsp3) is 0.227. The van der Waals surface area contributed by atoms with Gasteiger partial charge in [0.1, 0.15) is 18.2 Å². The maximum Gasteiger partial charge on any atom is 0.453 e. The fourth-order valence-electron chi connectivity index (χ4n) is 3.28. The largest absolute Gasteiger partial charge is 0.453 e.